The second kappa shape index (κ2) is 7.28. The summed E-state index contributed by atoms with van der Waals surface area (Å²) in [4.78, 5) is 13.6. The van der Waals surface area contributed by atoms with E-state index in [0.29, 0.717) is 11.4 Å². The number of benzene rings is 1. The molecule has 0 N–H and O–H groups in total. The molecule has 0 fully saturated rings. The van der Waals surface area contributed by atoms with Gasteiger partial charge in [-0.05, 0) is 30.7 Å². The van der Waals surface area contributed by atoms with E-state index in [1.165, 1.54) is 7.11 Å². The number of hydrogen-bond acceptors (Lipinski definition) is 5. The summed E-state index contributed by atoms with van der Waals surface area (Å²) in [6.07, 6.45) is 0.881. The molecule has 112 valence electrons. The molecule has 0 aliphatic carbocycles. The van der Waals surface area contributed by atoms with Crippen LogP contribution in [0.2, 0.25) is 0 Å². The van der Waals surface area contributed by atoms with Crippen molar-refractivity contribution in [2.45, 2.75) is 25.2 Å². The lowest BCUT2D eigenvalue weighted by atomic mass is 10.2. The molecule has 0 saturated carbocycles. The van der Waals surface area contributed by atoms with Gasteiger partial charge in [-0.3, -0.25) is 4.79 Å². The Bertz CT molecular complexity index is 537. The average molecular weight is 299 g/mol. The van der Waals surface area contributed by atoms with Gasteiger partial charge >= 0.3 is 5.97 Å². The van der Waals surface area contributed by atoms with Gasteiger partial charge in [0.1, 0.15) is 6.54 Å². The van der Waals surface area contributed by atoms with E-state index in [-0.39, 0.29) is 18.3 Å². The second-order valence-corrected chi connectivity index (χ2v) is 6.67. The normalized spacial score (nSPS) is 11.2. The SMILES string of the molecule is CCCN(CC(=O)OC)c1ccc(S(=O)(=O)CC)cc1. The number of esters is 1. The summed E-state index contributed by atoms with van der Waals surface area (Å²) in [5, 5.41) is 0. The van der Waals surface area contributed by atoms with Crippen LogP contribution in [0.5, 0.6) is 0 Å². The van der Waals surface area contributed by atoms with Gasteiger partial charge in [-0.1, -0.05) is 13.8 Å². The van der Waals surface area contributed by atoms with Gasteiger partial charge in [-0.2, -0.15) is 0 Å². The Morgan fingerprint density at radius 1 is 1.20 bits per heavy atom. The molecule has 1 aromatic carbocycles. The van der Waals surface area contributed by atoms with Crippen molar-refractivity contribution in [3.05, 3.63) is 24.3 Å². The molecule has 1 rings (SSSR count). The Hall–Kier alpha value is -1.56. The number of nitrogens with zero attached hydrogens (tertiary/aromatic N) is 1. The first-order valence-electron chi connectivity index (χ1n) is 6.59. The summed E-state index contributed by atoms with van der Waals surface area (Å²) in [7, 11) is -1.84. The first kappa shape index (κ1) is 16.5. The number of carbonyl (C=O) groups excluding carboxylic acids is 1. The van der Waals surface area contributed by atoms with Gasteiger partial charge in [0, 0.05) is 12.2 Å². The average Bonchev–Trinajstić information content (AvgIpc) is 2.46. The molecule has 0 unspecified atom stereocenters. The van der Waals surface area contributed by atoms with Gasteiger partial charge in [0.2, 0.25) is 0 Å². The van der Waals surface area contributed by atoms with E-state index in [4.69, 9.17) is 0 Å². The van der Waals surface area contributed by atoms with Gasteiger partial charge < -0.3 is 9.64 Å². The monoisotopic (exact) mass is 299 g/mol. The summed E-state index contributed by atoms with van der Waals surface area (Å²) >= 11 is 0. The van der Waals surface area contributed by atoms with Gasteiger partial charge in [-0.25, -0.2) is 8.42 Å². The van der Waals surface area contributed by atoms with Crippen LogP contribution in [0.15, 0.2) is 29.2 Å². The molecule has 1 aromatic rings. The summed E-state index contributed by atoms with van der Waals surface area (Å²) < 4.78 is 28.2. The summed E-state index contributed by atoms with van der Waals surface area (Å²) in [6, 6.07) is 6.60. The third-order valence-corrected chi connectivity index (χ3v) is 4.73. The highest BCUT2D eigenvalue weighted by atomic mass is 32.2. The van der Waals surface area contributed by atoms with Crippen LogP contribution >= 0.6 is 0 Å². The first-order chi connectivity index (χ1) is 9.44. The minimum Gasteiger partial charge on any atom is -0.468 e. The highest BCUT2D eigenvalue weighted by Crippen LogP contribution is 2.19. The lowest BCUT2D eigenvalue weighted by molar-refractivity contribution is -0.138. The Morgan fingerprint density at radius 3 is 2.25 bits per heavy atom. The fourth-order valence-electron chi connectivity index (χ4n) is 1.82. The highest BCUT2D eigenvalue weighted by molar-refractivity contribution is 7.91. The van der Waals surface area contributed by atoms with Crippen LogP contribution in [-0.2, 0) is 19.4 Å². The van der Waals surface area contributed by atoms with Crippen molar-refractivity contribution < 1.29 is 17.9 Å². The van der Waals surface area contributed by atoms with Gasteiger partial charge in [0.05, 0.1) is 17.8 Å². The van der Waals surface area contributed by atoms with Gasteiger partial charge in [-0.15, -0.1) is 0 Å². The molecule has 0 aliphatic heterocycles. The molecule has 0 radical (unpaired) electrons. The third kappa shape index (κ3) is 4.23. The second-order valence-electron chi connectivity index (χ2n) is 4.40. The lowest BCUT2D eigenvalue weighted by Gasteiger charge is -2.23. The molecule has 6 heteroatoms. The van der Waals surface area contributed by atoms with Crippen molar-refractivity contribution in [1.29, 1.82) is 0 Å². The van der Waals surface area contributed by atoms with Crippen molar-refractivity contribution in [3.63, 3.8) is 0 Å². The zero-order valence-corrected chi connectivity index (χ0v) is 12.9. The number of methoxy groups -OCH3 is 1. The molecule has 5 nitrogen and oxygen atoms in total. The van der Waals surface area contributed by atoms with E-state index in [9.17, 15) is 13.2 Å². The molecule has 0 atom stereocenters. The standard InChI is InChI=1S/C14H21NO4S/c1-4-10-15(11-14(16)19-3)12-6-8-13(9-7-12)20(17,18)5-2/h6-9H,4-5,10-11H2,1-3H3. The minimum atomic E-state index is -3.19. The van der Waals surface area contributed by atoms with Gasteiger partial charge in [0.15, 0.2) is 9.84 Å². The van der Waals surface area contributed by atoms with Crippen molar-refractivity contribution in [3.8, 4) is 0 Å². The Balaban J connectivity index is 2.96. The van der Waals surface area contributed by atoms with Crippen LogP contribution in [-0.4, -0.2) is 40.3 Å². The fraction of sp³-hybridized carbons (Fsp3) is 0.500. The van der Waals surface area contributed by atoms with E-state index in [2.05, 4.69) is 4.74 Å². The lowest BCUT2D eigenvalue weighted by Crippen LogP contribution is -2.31. The Kier molecular flexibility index (Phi) is 6.01. The quantitative estimate of drug-likeness (QED) is 0.719. The van der Waals surface area contributed by atoms with Crippen molar-refractivity contribution in [2.75, 3.05) is 30.9 Å². The summed E-state index contributed by atoms with van der Waals surface area (Å²) in [6.45, 7) is 4.49. The maximum atomic E-state index is 11.7. The predicted octanol–water partition coefficient (Wildman–Crippen LogP) is 1.87. The van der Waals surface area contributed by atoms with Crippen LogP contribution in [0.25, 0.3) is 0 Å². The number of ether oxygens (including phenoxy) is 1. The molecule has 0 heterocycles. The van der Waals surface area contributed by atoms with Crippen molar-refractivity contribution >= 4 is 21.5 Å². The number of rotatable bonds is 7. The van der Waals surface area contributed by atoms with E-state index < -0.39 is 9.84 Å². The molecular formula is C14H21NO4S. The molecule has 20 heavy (non-hydrogen) atoms. The van der Waals surface area contributed by atoms with E-state index in [0.717, 1.165) is 12.1 Å². The van der Waals surface area contributed by atoms with Crippen LogP contribution in [0.1, 0.15) is 20.3 Å². The fourth-order valence-corrected chi connectivity index (χ4v) is 2.70. The molecule has 0 amide bonds. The predicted molar refractivity (Wildman–Crippen MR) is 78.7 cm³/mol. The van der Waals surface area contributed by atoms with E-state index in [1.54, 1.807) is 31.2 Å². The van der Waals surface area contributed by atoms with Crippen molar-refractivity contribution in [2.24, 2.45) is 0 Å². The molecule has 0 aromatic heterocycles. The molecule has 0 saturated heterocycles. The van der Waals surface area contributed by atoms with E-state index >= 15 is 0 Å². The van der Waals surface area contributed by atoms with Crippen LogP contribution in [0, 0.1) is 0 Å². The topological polar surface area (TPSA) is 63.7 Å². The minimum absolute atomic E-state index is 0.0766. The Labute approximate surface area is 120 Å². The smallest absolute Gasteiger partial charge is 0.325 e. The maximum absolute atomic E-state index is 11.7. The molecule has 0 spiro atoms. The van der Waals surface area contributed by atoms with E-state index in [1.807, 2.05) is 11.8 Å². The van der Waals surface area contributed by atoms with Crippen LogP contribution < -0.4 is 4.90 Å². The molecule has 0 bridgehead atoms. The van der Waals surface area contributed by atoms with Crippen LogP contribution in [0.3, 0.4) is 0 Å². The molecule has 0 aliphatic rings. The number of hydrogen-bond donors (Lipinski definition) is 0. The molecular weight excluding hydrogens is 278 g/mol. The Morgan fingerprint density at radius 2 is 1.80 bits per heavy atom. The zero-order valence-electron chi connectivity index (χ0n) is 12.1. The number of carbonyl (C=O) groups is 1. The summed E-state index contributed by atoms with van der Waals surface area (Å²) in [5.41, 5.74) is 0.812. The number of anilines is 1. The number of sulfone groups is 1. The largest absolute Gasteiger partial charge is 0.468 e. The van der Waals surface area contributed by atoms with Crippen LogP contribution in [0.4, 0.5) is 5.69 Å². The van der Waals surface area contributed by atoms with Gasteiger partial charge in [0.25, 0.3) is 0 Å². The first-order valence-corrected chi connectivity index (χ1v) is 8.24. The third-order valence-electron chi connectivity index (χ3n) is 2.98. The zero-order chi connectivity index (χ0) is 15.2. The highest BCUT2D eigenvalue weighted by Gasteiger charge is 2.14. The van der Waals surface area contributed by atoms with Crippen molar-refractivity contribution in [1.82, 2.24) is 0 Å². The summed E-state index contributed by atoms with van der Waals surface area (Å²) in [5.74, 6) is -0.239. The maximum Gasteiger partial charge on any atom is 0.325 e.